The Morgan fingerprint density at radius 1 is 1.16 bits per heavy atom. The Hall–Kier alpha value is -1.98. The maximum atomic E-state index is 8.78. The van der Waals surface area contributed by atoms with Crippen LogP contribution in [0, 0.1) is 18.3 Å². The second kappa shape index (κ2) is 5.77. The van der Waals surface area contributed by atoms with Gasteiger partial charge in [0.25, 0.3) is 0 Å². The molecule has 3 heteroatoms. The summed E-state index contributed by atoms with van der Waals surface area (Å²) in [4.78, 5) is 2.11. The fraction of sp³-hybridized carbons (Fsp3) is 0.188. The van der Waals surface area contributed by atoms with Crippen LogP contribution in [0.1, 0.15) is 16.7 Å². The van der Waals surface area contributed by atoms with E-state index in [0.717, 1.165) is 28.4 Å². The van der Waals surface area contributed by atoms with Gasteiger partial charge in [-0.25, -0.2) is 0 Å². The van der Waals surface area contributed by atoms with Crippen molar-refractivity contribution in [2.24, 2.45) is 0 Å². The summed E-state index contributed by atoms with van der Waals surface area (Å²) < 4.78 is 0. The Kier molecular flexibility index (Phi) is 4.09. The number of nitriles is 1. The fourth-order valence-electron chi connectivity index (χ4n) is 1.92. The first-order valence-corrected chi connectivity index (χ1v) is 6.44. The minimum absolute atomic E-state index is 0.672. The van der Waals surface area contributed by atoms with Crippen LogP contribution in [0.4, 0.5) is 5.69 Å². The highest BCUT2D eigenvalue weighted by Gasteiger charge is 2.06. The van der Waals surface area contributed by atoms with E-state index >= 15 is 0 Å². The van der Waals surface area contributed by atoms with Crippen LogP contribution in [0.25, 0.3) is 0 Å². The molecule has 0 atom stereocenters. The topological polar surface area (TPSA) is 27.0 Å². The van der Waals surface area contributed by atoms with Crippen molar-refractivity contribution < 1.29 is 0 Å². The molecule has 0 aliphatic rings. The SMILES string of the molecule is Cc1ccc(CN(C)c2ccc(C#N)cc2)c(Cl)c1. The van der Waals surface area contributed by atoms with E-state index in [-0.39, 0.29) is 0 Å². The molecule has 0 aromatic heterocycles. The zero-order valence-electron chi connectivity index (χ0n) is 11.0. The molecule has 0 radical (unpaired) electrons. The average molecular weight is 271 g/mol. The lowest BCUT2D eigenvalue weighted by Crippen LogP contribution is -2.16. The van der Waals surface area contributed by atoms with Crippen LogP contribution in [0.2, 0.25) is 5.02 Å². The Bertz CT molecular complexity index is 612. The monoisotopic (exact) mass is 270 g/mol. The Morgan fingerprint density at radius 2 is 1.84 bits per heavy atom. The molecule has 96 valence electrons. The number of anilines is 1. The smallest absolute Gasteiger partial charge is 0.0991 e. The third kappa shape index (κ3) is 3.27. The van der Waals surface area contributed by atoms with Crippen LogP contribution in [0.5, 0.6) is 0 Å². The van der Waals surface area contributed by atoms with E-state index in [4.69, 9.17) is 16.9 Å². The van der Waals surface area contributed by atoms with Gasteiger partial charge in [0.2, 0.25) is 0 Å². The highest BCUT2D eigenvalue weighted by Crippen LogP contribution is 2.22. The van der Waals surface area contributed by atoms with Gasteiger partial charge < -0.3 is 4.90 Å². The summed E-state index contributed by atoms with van der Waals surface area (Å²) >= 11 is 6.24. The van der Waals surface area contributed by atoms with Crippen LogP contribution in [0.15, 0.2) is 42.5 Å². The van der Waals surface area contributed by atoms with Crippen molar-refractivity contribution in [1.82, 2.24) is 0 Å². The summed E-state index contributed by atoms with van der Waals surface area (Å²) in [6.45, 7) is 2.77. The molecule has 0 bridgehead atoms. The lowest BCUT2D eigenvalue weighted by Gasteiger charge is -2.20. The van der Waals surface area contributed by atoms with Crippen LogP contribution >= 0.6 is 11.6 Å². The molecule has 0 saturated heterocycles. The first-order valence-electron chi connectivity index (χ1n) is 6.06. The summed E-state index contributed by atoms with van der Waals surface area (Å²) in [6, 6.07) is 15.7. The predicted molar refractivity (Wildman–Crippen MR) is 79.5 cm³/mol. The van der Waals surface area contributed by atoms with E-state index in [0.29, 0.717) is 5.56 Å². The van der Waals surface area contributed by atoms with Crippen LogP contribution in [0.3, 0.4) is 0 Å². The van der Waals surface area contributed by atoms with Crippen LogP contribution < -0.4 is 4.90 Å². The van der Waals surface area contributed by atoms with E-state index in [9.17, 15) is 0 Å². The van der Waals surface area contributed by atoms with Crippen molar-refractivity contribution >= 4 is 17.3 Å². The third-order valence-corrected chi connectivity index (χ3v) is 3.41. The van der Waals surface area contributed by atoms with Gasteiger partial charge in [-0.15, -0.1) is 0 Å². The lowest BCUT2D eigenvalue weighted by atomic mass is 10.1. The number of aryl methyl sites for hydroxylation is 1. The van der Waals surface area contributed by atoms with Gasteiger partial charge in [-0.2, -0.15) is 5.26 Å². The Balaban J connectivity index is 2.16. The molecule has 19 heavy (non-hydrogen) atoms. The van der Waals surface area contributed by atoms with Crippen molar-refractivity contribution in [3.63, 3.8) is 0 Å². The molecule has 2 nitrogen and oxygen atoms in total. The van der Waals surface area contributed by atoms with Gasteiger partial charge >= 0.3 is 0 Å². The van der Waals surface area contributed by atoms with Crippen molar-refractivity contribution in [2.45, 2.75) is 13.5 Å². The van der Waals surface area contributed by atoms with Crippen molar-refractivity contribution in [1.29, 1.82) is 5.26 Å². The van der Waals surface area contributed by atoms with E-state index in [2.05, 4.69) is 23.1 Å². The van der Waals surface area contributed by atoms with Crippen molar-refractivity contribution in [3.8, 4) is 6.07 Å². The second-order valence-corrected chi connectivity index (χ2v) is 5.02. The molecule has 0 aliphatic heterocycles. The zero-order valence-corrected chi connectivity index (χ0v) is 11.8. The summed E-state index contributed by atoms with van der Waals surface area (Å²) in [5, 5.41) is 9.58. The molecule has 2 aromatic rings. The molecule has 0 unspecified atom stereocenters. The van der Waals surface area contributed by atoms with E-state index < -0.39 is 0 Å². The van der Waals surface area contributed by atoms with Crippen LogP contribution in [-0.2, 0) is 6.54 Å². The lowest BCUT2D eigenvalue weighted by molar-refractivity contribution is 0.922. The van der Waals surface area contributed by atoms with Gasteiger partial charge in [-0.05, 0) is 48.4 Å². The van der Waals surface area contributed by atoms with E-state index in [1.54, 1.807) is 0 Å². The van der Waals surface area contributed by atoms with Gasteiger partial charge in [0.05, 0.1) is 11.6 Å². The quantitative estimate of drug-likeness (QED) is 0.837. The molecule has 0 heterocycles. The number of hydrogen-bond donors (Lipinski definition) is 0. The first-order chi connectivity index (χ1) is 9.10. The predicted octanol–water partition coefficient (Wildman–Crippen LogP) is 4.16. The Labute approximate surface area is 118 Å². The highest BCUT2D eigenvalue weighted by atomic mass is 35.5. The molecule has 0 amide bonds. The number of hydrogen-bond acceptors (Lipinski definition) is 2. The number of benzene rings is 2. The summed E-state index contributed by atoms with van der Waals surface area (Å²) in [5.74, 6) is 0. The molecule has 0 saturated carbocycles. The maximum absolute atomic E-state index is 8.78. The summed E-state index contributed by atoms with van der Waals surface area (Å²) in [6.07, 6.45) is 0. The molecule has 0 aliphatic carbocycles. The summed E-state index contributed by atoms with van der Waals surface area (Å²) in [5.41, 5.74) is 4.00. The minimum Gasteiger partial charge on any atom is -0.370 e. The number of rotatable bonds is 3. The number of nitrogens with zero attached hydrogens (tertiary/aromatic N) is 2. The largest absolute Gasteiger partial charge is 0.370 e. The second-order valence-electron chi connectivity index (χ2n) is 4.61. The number of halogens is 1. The van der Waals surface area contributed by atoms with Gasteiger partial charge in [0.15, 0.2) is 0 Å². The van der Waals surface area contributed by atoms with Gasteiger partial charge in [0.1, 0.15) is 0 Å². The maximum Gasteiger partial charge on any atom is 0.0991 e. The molecule has 2 rings (SSSR count). The molecule has 0 spiro atoms. The summed E-state index contributed by atoms with van der Waals surface area (Å²) in [7, 11) is 2.01. The van der Waals surface area contributed by atoms with Gasteiger partial charge in [-0.1, -0.05) is 23.7 Å². The first kappa shape index (κ1) is 13.5. The van der Waals surface area contributed by atoms with Gasteiger partial charge in [0, 0.05) is 24.3 Å². The molecule has 0 N–H and O–H groups in total. The van der Waals surface area contributed by atoms with Crippen LogP contribution in [-0.4, -0.2) is 7.05 Å². The average Bonchev–Trinajstić information content (AvgIpc) is 2.42. The Morgan fingerprint density at radius 3 is 2.42 bits per heavy atom. The molecular formula is C16H15ClN2. The zero-order chi connectivity index (χ0) is 13.8. The highest BCUT2D eigenvalue weighted by molar-refractivity contribution is 6.31. The minimum atomic E-state index is 0.672. The normalized spacial score (nSPS) is 10.0. The van der Waals surface area contributed by atoms with Crippen molar-refractivity contribution in [3.05, 3.63) is 64.2 Å². The van der Waals surface area contributed by atoms with E-state index in [1.165, 1.54) is 0 Å². The molecular weight excluding hydrogens is 256 g/mol. The molecule has 2 aromatic carbocycles. The fourth-order valence-corrected chi connectivity index (χ4v) is 2.21. The third-order valence-electron chi connectivity index (χ3n) is 3.05. The standard InChI is InChI=1S/C16H15ClN2/c1-12-3-6-14(16(17)9-12)11-19(2)15-7-4-13(10-18)5-8-15/h3-9H,11H2,1-2H3. The van der Waals surface area contributed by atoms with Gasteiger partial charge in [-0.3, -0.25) is 0 Å². The van der Waals surface area contributed by atoms with Crippen molar-refractivity contribution in [2.75, 3.05) is 11.9 Å². The molecule has 0 fully saturated rings. The van der Waals surface area contributed by atoms with E-state index in [1.807, 2.05) is 44.3 Å².